The molecule has 2 amide bonds. The van der Waals surface area contributed by atoms with Crippen LogP contribution in [0.1, 0.15) is 25.1 Å². The lowest BCUT2D eigenvalue weighted by Gasteiger charge is -2.21. The third-order valence-electron chi connectivity index (χ3n) is 4.12. The monoisotopic (exact) mass is 487 g/mol. The molecule has 2 aromatic rings. The van der Waals surface area contributed by atoms with Crippen LogP contribution in [0.4, 0.5) is 15.1 Å². The predicted molar refractivity (Wildman–Crippen MR) is 114 cm³/mol. The number of hydrogen-bond acceptors (Lipinski definition) is 10. The van der Waals surface area contributed by atoms with E-state index in [1.165, 1.54) is 52.6 Å². The van der Waals surface area contributed by atoms with Crippen molar-refractivity contribution < 1.29 is 36.6 Å². The number of anilines is 1. The number of alkyl halides is 1. The number of carbonyl (C=O) groups is 1. The Balaban J connectivity index is 2.23. The van der Waals surface area contributed by atoms with E-state index in [1.807, 2.05) is 4.72 Å². The van der Waals surface area contributed by atoms with Gasteiger partial charge in [-0.1, -0.05) is 0 Å². The zero-order chi connectivity index (χ0) is 24.4. The van der Waals surface area contributed by atoms with E-state index in [-0.39, 0.29) is 30.0 Å². The summed E-state index contributed by atoms with van der Waals surface area (Å²) < 4.78 is 62.3. The number of ether oxygens (including phenoxy) is 4. The molecule has 0 aliphatic carbocycles. The number of urea groups is 1. The van der Waals surface area contributed by atoms with E-state index in [4.69, 9.17) is 18.9 Å². The van der Waals surface area contributed by atoms with Crippen molar-refractivity contribution in [1.29, 1.82) is 0 Å². The first-order valence-electron chi connectivity index (χ1n) is 9.72. The molecule has 0 saturated heterocycles. The molecule has 0 radical (unpaired) electrons. The lowest BCUT2D eigenvalue weighted by Crippen LogP contribution is -2.36. The van der Waals surface area contributed by atoms with Crippen LogP contribution in [0.25, 0.3) is 0 Å². The van der Waals surface area contributed by atoms with Gasteiger partial charge in [-0.15, -0.1) is 0 Å². The average Bonchev–Trinajstić information content (AvgIpc) is 2.78. The van der Waals surface area contributed by atoms with Crippen molar-refractivity contribution >= 4 is 22.0 Å². The molecule has 33 heavy (non-hydrogen) atoms. The van der Waals surface area contributed by atoms with Crippen molar-refractivity contribution in [3.63, 3.8) is 0 Å². The Bertz CT molecular complexity index is 1020. The summed E-state index contributed by atoms with van der Waals surface area (Å²) in [5.41, 5.74) is -0.176. The number of pyridine rings is 1. The highest BCUT2D eigenvalue weighted by Gasteiger charge is 2.30. The third-order valence-corrected chi connectivity index (χ3v) is 5.49. The number of nitrogens with one attached hydrogen (secondary N) is 2. The molecule has 0 spiro atoms. The van der Waals surface area contributed by atoms with E-state index in [0.717, 1.165) is 0 Å². The molecule has 0 bridgehead atoms. The molecule has 14 heteroatoms. The van der Waals surface area contributed by atoms with Crippen LogP contribution in [-0.2, 0) is 19.5 Å². The topological polar surface area (TPSA) is 151 Å². The van der Waals surface area contributed by atoms with Gasteiger partial charge in [0.25, 0.3) is 10.0 Å². The van der Waals surface area contributed by atoms with Crippen molar-refractivity contribution in [3.05, 3.63) is 30.1 Å². The summed E-state index contributed by atoms with van der Waals surface area (Å²) in [4.78, 5) is 23.7. The van der Waals surface area contributed by atoms with Crippen molar-refractivity contribution in [2.45, 2.75) is 30.5 Å². The molecule has 2 heterocycles. The summed E-state index contributed by atoms with van der Waals surface area (Å²) in [5.74, 6) is -0.0954. The molecule has 12 nitrogen and oxygen atoms in total. The predicted octanol–water partition coefficient (Wildman–Crippen LogP) is 1.85. The van der Waals surface area contributed by atoms with Gasteiger partial charge in [0, 0.05) is 26.5 Å². The van der Waals surface area contributed by atoms with Gasteiger partial charge in [-0.25, -0.2) is 22.3 Å². The van der Waals surface area contributed by atoms with Crippen LogP contribution in [0.3, 0.4) is 0 Å². The highest BCUT2D eigenvalue weighted by molar-refractivity contribution is 7.90. The van der Waals surface area contributed by atoms with Gasteiger partial charge in [0.15, 0.2) is 0 Å². The van der Waals surface area contributed by atoms with E-state index in [1.54, 1.807) is 0 Å². The fourth-order valence-corrected chi connectivity index (χ4v) is 3.77. The van der Waals surface area contributed by atoms with Gasteiger partial charge in [0.2, 0.25) is 17.7 Å². The van der Waals surface area contributed by atoms with Crippen LogP contribution in [-0.4, -0.2) is 70.1 Å². The molecule has 2 rings (SSSR count). The van der Waals surface area contributed by atoms with E-state index >= 15 is 0 Å². The van der Waals surface area contributed by atoms with Gasteiger partial charge in [-0.2, -0.15) is 9.97 Å². The minimum atomic E-state index is -4.47. The van der Waals surface area contributed by atoms with E-state index < -0.39 is 33.2 Å². The second-order valence-corrected chi connectivity index (χ2v) is 8.19. The summed E-state index contributed by atoms with van der Waals surface area (Å²) in [5, 5.41) is 2.19. The number of nitrogens with zero attached hydrogens (tertiary/aromatic N) is 3. The van der Waals surface area contributed by atoms with Gasteiger partial charge < -0.3 is 18.9 Å². The largest absolute Gasteiger partial charge is 0.481 e. The summed E-state index contributed by atoms with van der Waals surface area (Å²) >= 11 is 0. The standard InChI is InChI=1S/C19H26FN5O7S/c1-12(20)17(32-10-6-9-29-2)16-13(7-5-8-21-16)33(27,28)25-19(26)24-18-22-14(30-3)11-15(23-18)31-4/h5,7-8,11-12,17H,6,9-10H2,1-4H3,(H2,22,23,24,25,26). The number of halogens is 1. The fourth-order valence-electron chi connectivity index (χ4n) is 2.66. The molecule has 0 aliphatic heterocycles. The maximum absolute atomic E-state index is 14.3. The quantitative estimate of drug-likeness (QED) is 0.424. The van der Waals surface area contributed by atoms with E-state index in [0.29, 0.717) is 13.0 Å². The molecule has 0 aromatic carbocycles. The smallest absolute Gasteiger partial charge is 0.335 e. The maximum atomic E-state index is 14.3. The van der Waals surface area contributed by atoms with Gasteiger partial charge in [0.1, 0.15) is 17.2 Å². The molecule has 2 aromatic heterocycles. The zero-order valence-electron chi connectivity index (χ0n) is 18.6. The second kappa shape index (κ2) is 12.2. The molecule has 2 atom stereocenters. The normalized spacial score (nSPS) is 13.1. The first-order chi connectivity index (χ1) is 15.7. The number of hydrogen-bond donors (Lipinski definition) is 2. The Kier molecular flexibility index (Phi) is 9.69. The first-order valence-corrected chi connectivity index (χ1v) is 11.2. The van der Waals surface area contributed by atoms with Crippen LogP contribution < -0.4 is 19.5 Å². The van der Waals surface area contributed by atoms with Gasteiger partial charge in [0.05, 0.1) is 26.0 Å². The number of rotatable bonds is 12. The molecular formula is C19H26FN5O7S. The number of carbonyl (C=O) groups excluding carboxylic acids is 1. The minimum Gasteiger partial charge on any atom is -0.481 e. The lowest BCUT2D eigenvalue weighted by molar-refractivity contribution is -0.00957. The number of methoxy groups -OCH3 is 3. The Morgan fingerprint density at radius 3 is 2.39 bits per heavy atom. The van der Waals surface area contributed by atoms with E-state index in [2.05, 4.69) is 20.3 Å². The number of amides is 2. The van der Waals surface area contributed by atoms with Gasteiger partial charge in [-0.05, 0) is 25.5 Å². The molecule has 182 valence electrons. The van der Waals surface area contributed by atoms with Crippen molar-refractivity contribution in [2.24, 2.45) is 0 Å². The fraction of sp³-hybridized carbons (Fsp3) is 0.474. The first kappa shape index (κ1) is 26.2. The number of sulfonamides is 1. The highest BCUT2D eigenvalue weighted by Crippen LogP contribution is 2.28. The van der Waals surface area contributed by atoms with Gasteiger partial charge in [-0.3, -0.25) is 10.3 Å². The minimum absolute atomic E-state index is 0.0833. The SMILES string of the molecule is COCCCOC(c1ncccc1S(=O)(=O)NC(=O)Nc1nc(OC)cc(OC)n1)C(C)F. The van der Waals surface area contributed by atoms with E-state index in [9.17, 15) is 17.6 Å². The summed E-state index contributed by atoms with van der Waals surface area (Å²) in [6.07, 6.45) is -1.08. The summed E-state index contributed by atoms with van der Waals surface area (Å²) in [6.45, 7) is 1.73. The number of aromatic nitrogens is 3. The highest BCUT2D eigenvalue weighted by atomic mass is 32.2. The van der Waals surface area contributed by atoms with Gasteiger partial charge >= 0.3 is 6.03 Å². The van der Waals surface area contributed by atoms with Crippen molar-refractivity contribution in [1.82, 2.24) is 19.7 Å². The Hall–Kier alpha value is -3.10. The van der Waals surface area contributed by atoms with Crippen LogP contribution in [0, 0.1) is 0 Å². The average molecular weight is 488 g/mol. The Morgan fingerprint density at radius 2 is 1.82 bits per heavy atom. The summed E-state index contributed by atoms with van der Waals surface area (Å²) in [6, 6.07) is 2.74. The van der Waals surface area contributed by atoms with Crippen LogP contribution >= 0.6 is 0 Å². The van der Waals surface area contributed by atoms with Crippen LogP contribution in [0.5, 0.6) is 11.8 Å². The Morgan fingerprint density at radius 1 is 1.15 bits per heavy atom. The second-order valence-electron chi connectivity index (χ2n) is 6.54. The van der Waals surface area contributed by atoms with Crippen LogP contribution in [0.2, 0.25) is 0 Å². The lowest BCUT2D eigenvalue weighted by atomic mass is 10.1. The molecule has 2 N–H and O–H groups in total. The Labute approximate surface area is 190 Å². The molecule has 2 unspecified atom stereocenters. The van der Waals surface area contributed by atoms with Crippen molar-refractivity contribution in [3.8, 4) is 11.8 Å². The zero-order valence-corrected chi connectivity index (χ0v) is 19.4. The maximum Gasteiger partial charge on any atom is 0.335 e. The molecular weight excluding hydrogens is 461 g/mol. The summed E-state index contributed by atoms with van der Waals surface area (Å²) in [7, 11) is -0.260. The van der Waals surface area contributed by atoms with Crippen LogP contribution in [0.15, 0.2) is 29.3 Å². The third kappa shape index (κ3) is 7.47. The molecule has 0 aliphatic rings. The molecule has 0 saturated carbocycles. The molecule has 0 fully saturated rings. The van der Waals surface area contributed by atoms with Crippen molar-refractivity contribution in [2.75, 3.05) is 39.9 Å².